The van der Waals surface area contributed by atoms with Crippen molar-refractivity contribution >= 4 is 35.8 Å². The van der Waals surface area contributed by atoms with Crippen LogP contribution in [0.15, 0.2) is 101 Å². The molecule has 6 nitrogen and oxygen atoms in total. The van der Waals surface area contributed by atoms with Crippen molar-refractivity contribution in [2.45, 2.75) is 26.3 Å². The van der Waals surface area contributed by atoms with Gasteiger partial charge in [0.1, 0.15) is 19.0 Å². The predicted molar refractivity (Wildman–Crippen MR) is 159 cm³/mol. The van der Waals surface area contributed by atoms with Crippen molar-refractivity contribution in [2.75, 3.05) is 26.3 Å². The van der Waals surface area contributed by atoms with Gasteiger partial charge in [0.25, 0.3) is 0 Å². The highest BCUT2D eigenvalue weighted by Gasteiger charge is 2.41. The summed E-state index contributed by atoms with van der Waals surface area (Å²) in [6.07, 6.45) is 0. The number of esters is 1. The number of dihydropyridines is 1. The van der Waals surface area contributed by atoms with Gasteiger partial charge in [-0.2, -0.15) is 0 Å². The number of ether oxygens (including phenoxy) is 2. The molecule has 0 aromatic heterocycles. The van der Waals surface area contributed by atoms with Crippen LogP contribution < -0.4 is 10.1 Å². The molecule has 2 aliphatic rings. The van der Waals surface area contributed by atoms with Crippen molar-refractivity contribution in [2.24, 2.45) is 0 Å². The number of ketones is 1. The molecular weight excluding hydrogens is 547 g/mol. The summed E-state index contributed by atoms with van der Waals surface area (Å²) in [5, 5.41) is 3.96. The molecule has 40 heavy (non-hydrogen) atoms. The minimum Gasteiger partial charge on any atom is -0.490 e. The second kappa shape index (κ2) is 13.2. The molecule has 2 heterocycles. The molecule has 208 valence electrons. The van der Waals surface area contributed by atoms with Crippen LogP contribution in [-0.4, -0.2) is 43.0 Å². The van der Waals surface area contributed by atoms with Gasteiger partial charge >= 0.3 is 5.97 Å². The number of Topliss-reactive ketones (excluding diaryl/α,β-unsaturated/α-hetero) is 1. The van der Waals surface area contributed by atoms with Crippen LogP contribution in [0.5, 0.6) is 5.75 Å². The summed E-state index contributed by atoms with van der Waals surface area (Å²) in [5.74, 6) is -0.367. The molecule has 0 amide bonds. The van der Waals surface area contributed by atoms with E-state index < -0.39 is 11.9 Å². The maximum atomic E-state index is 13.7. The number of hydrogen-bond acceptors (Lipinski definition) is 6. The largest absolute Gasteiger partial charge is 0.490 e. The number of rotatable bonds is 8. The predicted octanol–water partition coefficient (Wildman–Crippen LogP) is 5.99. The first kappa shape index (κ1) is 29.4. The Morgan fingerprint density at radius 1 is 0.950 bits per heavy atom. The lowest BCUT2D eigenvalue weighted by Gasteiger charge is -2.38. The smallest absolute Gasteiger partial charge is 0.336 e. The highest BCUT2D eigenvalue weighted by Crippen LogP contribution is 2.43. The number of hydrogen-bond donors (Lipinski definition) is 1. The van der Waals surface area contributed by atoms with E-state index in [1.807, 2.05) is 80.6 Å². The molecule has 2 aliphatic heterocycles. The Hall–Kier alpha value is -3.58. The highest BCUT2D eigenvalue weighted by molar-refractivity contribution is 6.31. The Balaban J connectivity index is 0.00000370. The van der Waals surface area contributed by atoms with Crippen molar-refractivity contribution in [3.63, 3.8) is 0 Å². The number of allylic oxidation sites excluding steroid dienone is 1. The average molecular weight is 580 g/mol. The number of halogens is 2. The van der Waals surface area contributed by atoms with Crippen LogP contribution in [0.3, 0.4) is 0 Å². The second-order valence-electron chi connectivity index (χ2n) is 9.79. The quantitative estimate of drug-likeness (QED) is 0.261. The van der Waals surface area contributed by atoms with Gasteiger partial charge in [0.2, 0.25) is 0 Å². The molecule has 3 aromatic carbocycles. The Kier molecular flexibility index (Phi) is 9.69. The molecule has 8 heteroatoms. The van der Waals surface area contributed by atoms with E-state index in [0.29, 0.717) is 40.7 Å². The third-order valence-corrected chi connectivity index (χ3v) is 7.52. The van der Waals surface area contributed by atoms with E-state index in [1.165, 1.54) is 0 Å². The van der Waals surface area contributed by atoms with Gasteiger partial charge in [0.15, 0.2) is 5.78 Å². The molecule has 5 rings (SSSR count). The Morgan fingerprint density at radius 3 is 2.38 bits per heavy atom. The Morgan fingerprint density at radius 2 is 1.65 bits per heavy atom. The normalized spacial score (nSPS) is 17.1. The van der Waals surface area contributed by atoms with E-state index in [-0.39, 0.29) is 37.9 Å². The highest BCUT2D eigenvalue weighted by atomic mass is 35.5. The van der Waals surface area contributed by atoms with Gasteiger partial charge in [-0.05, 0) is 48.7 Å². The maximum Gasteiger partial charge on any atom is 0.336 e. The summed E-state index contributed by atoms with van der Waals surface area (Å²) in [5.41, 5.74) is 5.30. The summed E-state index contributed by atoms with van der Waals surface area (Å²) < 4.78 is 11.4. The van der Waals surface area contributed by atoms with Crippen molar-refractivity contribution in [1.82, 2.24) is 10.2 Å². The van der Waals surface area contributed by atoms with Crippen LogP contribution in [0.4, 0.5) is 0 Å². The minimum atomic E-state index is -0.575. The lowest BCUT2D eigenvalue weighted by Crippen LogP contribution is -2.45. The molecular formula is C32H32Cl2N2O4. The van der Waals surface area contributed by atoms with E-state index in [0.717, 1.165) is 22.4 Å². The zero-order chi connectivity index (χ0) is 27.4. The standard InChI is InChI=1S/C32H31ClN2O4.ClH/c1-21-25(14-9-15-26(21)33)30-29(32(37)39-17-16-38-24-12-7-4-8-13-24)22(2)34-27-19-35(20-28(36)31(27)30)18-23-10-5-3-6-11-23;/h3-15,30,34H,16-20H2,1-2H3;1H. The van der Waals surface area contributed by atoms with E-state index in [1.54, 1.807) is 0 Å². The van der Waals surface area contributed by atoms with Gasteiger partial charge in [0, 0.05) is 41.0 Å². The topological polar surface area (TPSA) is 67.9 Å². The van der Waals surface area contributed by atoms with Crippen LogP contribution in [0.25, 0.3) is 0 Å². The van der Waals surface area contributed by atoms with E-state index in [4.69, 9.17) is 21.1 Å². The fourth-order valence-corrected chi connectivity index (χ4v) is 5.46. The number of para-hydroxylation sites is 1. The number of carbonyl (C=O) groups excluding carboxylic acids is 2. The number of benzene rings is 3. The molecule has 0 aliphatic carbocycles. The van der Waals surface area contributed by atoms with Crippen molar-refractivity contribution < 1.29 is 19.1 Å². The van der Waals surface area contributed by atoms with Gasteiger partial charge in [-0.3, -0.25) is 9.69 Å². The molecule has 0 saturated heterocycles. The SMILES string of the molecule is CC1=C(C(=O)OCCOc2ccccc2)C(c2cccc(Cl)c2C)C2=C(CN(Cc3ccccc3)CC2=O)N1.Cl. The monoisotopic (exact) mass is 578 g/mol. The molecule has 0 bridgehead atoms. The van der Waals surface area contributed by atoms with Crippen molar-refractivity contribution in [3.05, 3.63) is 123 Å². The van der Waals surface area contributed by atoms with Gasteiger partial charge in [-0.15, -0.1) is 12.4 Å². The first-order valence-corrected chi connectivity index (χ1v) is 13.4. The summed E-state index contributed by atoms with van der Waals surface area (Å²) in [7, 11) is 0. The lowest BCUT2D eigenvalue weighted by atomic mass is 9.76. The first-order valence-electron chi connectivity index (χ1n) is 13.0. The molecule has 0 saturated carbocycles. The molecule has 0 fully saturated rings. The first-order chi connectivity index (χ1) is 18.9. The summed E-state index contributed by atoms with van der Waals surface area (Å²) in [6, 6.07) is 25.1. The minimum absolute atomic E-state index is 0. The maximum absolute atomic E-state index is 13.7. The van der Waals surface area contributed by atoms with E-state index in [2.05, 4.69) is 22.3 Å². The molecule has 0 radical (unpaired) electrons. The summed E-state index contributed by atoms with van der Waals surface area (Å²) in [6.45, 7) is 5.56. The van der Waals surface area contributed by atoms with E-state index in [9.17, 15) is 9.59 Å². The average Bonchev–Trinajstić information content (AvgIpc) is 2.93. The number of nitrogens with one attached hydrogen (secondary N) is 1. The second-order valence-corrected chi connectivity index (χ2v) is 10.2. The molecule has 1 N–H and O–H groups in total. The Labute approximate surface area is 246 Å². The fraction of sp³-hybridized carbons (Fsp3) is 0.250. The Bertz CT molecular complexity index is 1440. The van der Waals surface area contributed by atoms with Gasteiger partial charge in [-0.1, -0.05) is 72.3 Å². The third-order valence-electron chi connectivity index (χ3n) is 7.11. The van der Waals surface area contributed by atoms with Crippen LogP contribution in [0, 0.1) is 6.92 Å². The summed E-state index contributed by atoms with van der Waals surface area (Å²) in [4.78, 5) is 29.4. The zero-order valence-electron chi connectivity index (χ0n) is 22.5. The van der Waals surface area contributed by atoms with E-state index >= 15 is 0 Å². The van der Waals surface area contributed by atoms with Crippen LogP contribution >= 0.6 is 24.0 Å². The lowest BCUT2D eigenvalue weighted by molar-refractivity contribution is -0.140. The van der Waals surface area contributed by atoms with Gasteiger partial charge in [0.05, 0.1) is 12.1 Å². The summed E-state index contributed by atoms with van der Waals surface area (Å²) >= 11 is 6.51. The van der Waals surface area contributed by atoms with Crippen molar-refractivity contribution in [1.29, 1.82) is 0 Å². The van der Waals surface area contributed by atoms with Gasteiger partial charge in [-0.25, -0.2) is 4.79 Å². The van der Waals surface area contributed by atoms with Crippen LogP contribution in [0.2, 0.25) is 5.02 Å². The zero-order valence-corrected chi connectivity index (χ0v) is 24.1. The fourth-order valence-electron chi connectivity index (χ4n) is 5.28. The molecule has 1 atom stereocenters. The molecule has 0 spiro atoms. The van der Waals surface area contributed by atoms with Crippen molar-refractivity contribution in [3.8, 4) is 5.75 Å². The molecule has 3 aromatic rings. The van der Waals surface area contributed by atoms with Crippen LogP contribution in [0.1, 0.15) is 29.5 Å². The molecule has 1 unspecified atom stereocenters. The number of carbonyl (C=O) groups is 2. The number of nitrogens with zero attached hydrogens (tertiary/aromatic N) is 1. The third kappa shape index (κ3) is 6.41. The van der Waals surface area contributed by atoms with Gasteiger partial charge < -0.3 is 14.8 Å². The van der Waals surface area contributed by atoms with Crippen LogP contribution in [-0.2, 0) is 20.9 Å².